The van der Waals surface area contributed by atoms with E-state index in [1.807, 2.05) is 19.1 Å². The Balaban J connectivity index is 3.22. The van der Waals surface area contributed by atoms with Gasteiger partial charge in [0.2, 0.25) is 0 Å². The molecule has 0 bridgehead atoms. The summed E-state index contributed by atoms with van der Waals surface area (Å²) in [5.74, 6) is -3.12. The first-order valence-corrected chi connectivity index (χ1v) is 15.0. The van der Waals surface area contributed by atoms with Crippen LogP contribution < -0.4 is 0 Å². The zero-order chi connectivity index (χ0) is 28.0. The Morgan fingerprint density at radius 2 is 1.76 bits per heavy atom. The van der Waals surface area contributed by atoms with Gasteiger partial charge in [-0.25, -0.2) is 8.42 Å². The number of methoxy groups -OCH3 is 1. The van der Waals surface area contributed by atoms with E-state index in [-0.39, 0.29) is 36.8 Å². The first kappa shape index (κ1) is 32.8. The third kappa shape index (κ3) is 11.4. The summed E-state index contributed by atoms with van der Waals surface area (Å²) in [4.78, 5) is 48.1. The molecule has 0 N–H and O–H groups in total. The van der Waals surface area contributed by atoms with Gasteiger partial charge in [-0.3, -0.25) is 19.2 Å². The van der Waals surface area contributed by atoms with Gasteiger partial charge >= 0.3 is 17.9 Å². The number of ether oxygens (including phenoxy) is 3. The molecule has 0 amide bonds. The molecule has 1 aliphatic rings. The molecule has 1 aliphatic carbocycles. The van der Waals surface area contributed by atoms with Crippen molar-refractivity contribution in [2.24, 2.45) is 11.8 Å². The highest BCUT2D eigenvalue weighted by Crippen LogP contribution is 2.41. The van der Waals surface area contributed by atoms with Gasteiger partial charge in [-0.05, 0) is 32.1 Å². The second-order valence-electron chi connectivity index (χ2n) is 9.64. The minimum absolute atomic E-state index is 0.0298. The number of rotatable bonds is 17. The van der Waals surface area contributed by atoms with Gasteiger partial charge in [0.1, 0.15) is 18.0 Å². The van der Waals surface area contributed by atoms with Gasteiger partial charge in [0, 0.05) is 50.7 Å². The number of Topliss-reactive ketones (excluding diaryl/α,β-unsaturated/α-hetero) is 1. The molecule has 0 aromatic heterocycles. The van der Waals surface area contributed by atoms with Gasteiger partial charge in [0.25, 0.3) is 0 Å². The normalized spacial score (nSPS) is 21.5. The topological polar surface area (TPSA) is 130 Å². The van der Waals surface area contributed by atoms with Crippen LogP contribution in [-0.2, 0) is 43.2 Å². The monoisotopic (exact) mass is 544 g/mol. The summed E-state index contributed by atoms with van der Waals surface area (Å²) in [5.41, 5.74) is 0. The Morgan fingerprint density at radius 1 is 1.05 bits per heavy atom. The molecule has 9 nitrogen and oxygen atoms in total. The van der Waals surface area contributed by atoms with E-state index in [1.165, 1.54) is 21.0 Å². The Bertz CT molecular complexity index is 894. The average Bonchev–Trinajstić information content (AvgIpc) is 3.12. The van der Waals surface area contributed by atoms with E-state index in [2.05, 4.69) is 4.74 Å². The van der Waals surface area contributed by atoms with Crippen molar-refractivity contribution in [2.45, 2.75) is 109 Å². The third-order valence-corrected chi connectivity index (χ3v) is 9.02. The number of allylic oxidation sites excluding steroid dienone is 2. The summed E-state index contributed by atoms with van der Waals surface area (Å²) in [6.07, 6.45) is 7.38. The van der Waals surface area contributed by atoms with Crippen LogP contribution in [0.3, 0.4) is 0 Å². The molecule has 37 heavy (non-hydrogen) atoms. The van der Waals surface area contributed by atoms with Gasteiger partial charge < -0.3 is 14.2 Å². The maximum absolute atomic E-state index is 13.3. The molecular weight excluding hydrogens is 500 g/mol. The highest BCUT2D eigenvalue weighted by atomic mass is 32.2. The van der Waals surface area contributed by atoms with Crippen LogP contribution in [0.15, 0.2) is 12.2 Å². The van der Waals surface area contributed by atoms with E-state index in [4.69, 9.17) is 9.47 Å². The molecule has 1 rings (SSSR count). The molecule has 0 spiro atoms. The van der Waals surface area contributed by atoms with E-state index in [0.717, 1.165) is 19.3 Å². The zero-order valence-electron chi connectivity index (χ0n) is 22.9. The number of esters is 3. The number of sulfone groups is 1. The van der Waals surface area contributed by atoms with Gasteiger partial charge in [0.05, 0.1) is 12.4 Å². The van der Waals surface area contributed by atoms with Gasteiger partial charge in [-0.15, -0.1) is 0 Å². The molecule has 10 heteroatoms. The lowest BCUT2D eigenvalue weighted by Crippen LogP contribution is -2.41. The quantitative estimate of drug-likeness (QED) is 0.115. The standard InChI is InChI=1S/C27H44O9S/c1-6-8-11-14-21(35-19(3)28)17-25(37(32,33)7-2)27-22(24(18-23(27)30)36-20(4)29)15-12-9-10-13-16-26(31)34-5/h9,12,21-22,24-25,27H,6-8,10-11,13-18H2,1-5H3/b12-9-/t21?,22-,24-,25?,27+/m0/s1. The van der Waals surface area contributed by atoms with E-state index >= 15 is 0 Å². The van der Waals surface area contributed by atoms with Crippen LogP contribution in [0, 0.1) is 11.8 Å². The van der Waals surface area contributed by atoms with Gasteiger partial charge in [-0.1, -0.05) is 38.8 Å². The highest BCUT2D eigenvalue weighted by molar-refractivity contribution is 7.92. The van der Waals surface area contributed by atoms with Crippen molar-refractivity contribution in [3.63, 3.8) is 0 Å². The highest BCUT2D eigenvalue weighted by Gasteiger charge is 2.51. The minimum atomic E-state index is -3.70. The third-order valence-electron chi connectivity index (χ3n) is 6.81. The van der Waals surface area contributed by atoms with Crippen molar-refractivity contribution < 1.29 is 41.8 Å². The molecule has 1 fully saturated rings. The summed E-state index contributed by atoms with van der Waals surface area (Å²) in [7, 11) is -2.37. The number of ketones is 1. The Morgan fingerprint density at radius 3 is 2.32 bits per heavy atom. The molecule has 5 atom stereocenters. The van der Waals surface area contributed by atoms with Crippen molar-refractivity contribution in [3.05, 3.63) is 12.2 Å². The van der Waals surface area contributed by atoms with Crippen LogP contribution in [0.1, 0.15) is 91.9 Å². The zero-order valence-corrected chi connectivity index (χ0v) is 23.7. The summed E-state index contributed by atoms with van der Waals surface area (Å²) < 4.78 is 42.2. The predicted molar refractivity (Wildman–Crippen MR) is 139 cm³/mol. The second-order valence-corrected chi connectivity index (χ2v) is 12.1. The largest absolute Gasteiger partial charge is 0.469 e. The molecule has 0 radical (unpaired) electrons. The summed E-state index contributed by atoms with van der Waals surface area (Å²) in [6.45, 7) is 6.15. The summed E-state index contributed by atoms with van der Waals surface area (Å²) in [5, 5.41) is -1.05. The van der Waals surface area contributed by atoms with Crippen LogP contribution in [-0.4, -0.2) is 62.4 Å². The number of hydrogen-bond donors (Lipinski definition) is 0. The Labute approximate surface area is 221 Å². The van der Waals surface area contributed by atoms with Crippen LogP contribution in [0.5, 0.6) is 0 Å². The maximum atomic E-state index is 13.3. The van der Waals surface area contributed by atoms with Crippen LogP contribution in [0.4, 0.5) is 0 Å². The second kappa shape index (κ2) is 16.6. The van der Waals surface area contributed by atoms with Crippen molar-refractivity contribution in [2.75, 3.05) is 12.9 Å². The molecule has 0 aromatic rings. The molecule has 0 aromatic carbocycles. The molecule has 0 aliphatic heterocycles. The Kier molecular flexibility index (Phi) is 14.7. The van der Waals surface area contributed by atoms with Crippen LogP contribution in [0.2, 0.25) is 0 Å². The fraction of sp³-hybridized carbons (Fsp3) is 0.778. The fourth-order valence-electron chi connectivity index (χ4n) is 4.99. The van der Waals surface area contributed by atoms with Gasteiger partial charge in [0.15, 0.2) is 9.84 Å². The van der Waals surface area contributed by atoms with Crippen molar-refractivity contribution >= 4 is 33.5 Å². The summed E-state index contributed by atoms with van der Waals surface area (Å²) in [6, 6.07) is 0. The first-order chi connectivity index (χ1) is 17.5. The van der Waals surface area contributed by atoms with E-state index < -0.39 is 51.1 Å². The maximum Gasteiger partial charge on any atom is 0.305 e. The van der Waals surface area contributed by atoms with Crippen molar-refractivity contribution in [1.82, 2.24) is 0 Å². The van der Waals surface area contributed by atoms with Crippen molar-refractivity contribution in [3.8, 4) is 0 Å². The Hall–Kier alpha value is -2.23. The van der Waals surface area contributed by atoms with E-state index in [9.17, 15) is 27.6 Å². The lowest BCUT2D eigenvalue weighted by Gasteiger charge is -2.31. The minimum Gasteiger partial charge on any atom is -0.469 e. The molecule has 1 saturated carbocycles. The van der Waals surface area contributed by atoms with Gasteiger partial charge in [-0.2, -0.15) is 0 Å². The lowest BCUT2D eigenvalue weighted by molar-refractivity contribution is -0.149. The first-order valence-electron chi connectivity index (χ1n) is 13.3. The molecule has 2 unspecified atom stereocenters. The number of hydrogen-bond acceptors (Lipinski definition) is 9. The number of carbonyl (C=O) groups is 4. The van der Waals surface area contributed by atoms with Crippen LogP contribution in [0.25, 0.3) is 0 Å². The molecule has 212 valence electrons. The van der Waals surface area contributed by atoms with E-state index in [1.54, 1.807) is 6.92 Å². The van der Waals surface area contributed by atoms with E-state index in [0.29, 0.717) is 25.7 Å². The summed E-state index contributed by atoms with van der Waals surface area (Å²) >= 11 is 0. The number of carbonyl (C=O) groups excluding carboxylic acids is 4. The molecular formula is C27H44O9S. The fourth-order valence-corrected chi connectivity index (χ4v) is 6.72. The molecule has 0 saturated heterocycles. The smallest absolute Gasteiger partial charge is 0.305 e. The lowest BCUT2D eigenvalue weighted by atomic mass is 9.85. The number of unbranched alkanes of at least 4 members (excludes halogenated alkanes) is 3. The van der Waals surface area contributed by atoms with Crippen molar-refractivity contribution in [1.29, 1.82) is 0 Å². The predicted octanol–water partition coefficient (Wildman–Crippen LogP) is 4.12. The van der Waals surface area contributed by atoms with Crippen LogP contribution >= 0.6 is 0 Å². The average molecular weight is 545 g/mol. The SMILES string of the molecule is CCCCCC(CC([C@H]1C(=O)C[C@H](OC(C)=O)[C@@H]1C/C=C\CCCC(=O)OC)S(=O)(=O)CC)OC(C)=O. The molecule has 0 heterocycles.